The summed E-state index contributed by atoms with van der Waals surface area (Å²) in [6.07, 6.45) is 4.72. The fraction of sp³-hybridized carbons (Fsp3) is 0.467. The number of hydrogen-bond acceptors (Lipinski definition) is 3. The van der Waals surface area contributed by atoms with Crippen LogP contribution in [0.15, 0.2) is 18.5 Å². The van der Waals surface area contributed by atoms with E-state index in [0.717, 1.165) is 19.5 Å². The van der Waals surface area contributed by atoms with E-state index >= 15 is 0 Å². The minimum absolute atomic E-state index is 0.0302. The van der Waals surface area contributed by atoms with Crippen molar-refractivity contribution in [3.8, 4) is 11.8 Å². The first-order valence-corrected chi connectivity index (χ1v) is 6.54. The van der Waals surface area contributed by atoms with Gasteiger partial charge in [0.2, 0.25) is 0 Å². The Morgan fingerprint density at radius 2 is 2.42 bits per heavy atom. The highest BCUT2D eigenvalue weighted by Gasteiger charge is 2.24. The Labute approximate surface area is 113 Å². The SMILES string of the molecule is CC1CCN(C(=O)c2cncc(C#CCCO)c2)C1. The molecular formula is C15H18N2O2. The van der Waals surface area contributed by atoms with E-state index in [1.165, 1.54) is 0 Å². The Kier molecular flexibility index (Phi) is 4.53. The first kappa shape index (κ1) is 13.6. The third-order valence-corrected chi connectivity index (χ3v) is 3.17. The van der Waals surface area contributed by atoms with Gasteiger partial charge in [-0.05, 0) is 18.4 Å². The van der Waals surface area contributed by atoms with E-state index in [1.807, 2.05) is 4.90 Å². The number of amides is 1. The average molecular weight is 258 g/mol. The summed E-state index contributed by atoms with van der Waals surface area (Å²) >= 11 is 0. The average Bonchev–Trinajstić information content (AvgIpc) is 2.85. The number of aliphatic hydroxyl groups is 1. The molecular weight excluding hydrogens is 240 g/mol. The van der Waals surface area contributed by atoms with Gasteiger partial charge in [-0.25, -0.2) is 0 Å². The molecule has 19 heavy (non-hydrogen) atoms. The van der Waals surface area contributed by atoms with E-state index in [1.54, 1.807) is 18.5 Å². The molecule has 1 amide bonds. The zero-order valence-corrected chi connectivity index (χ0v) is 11.1. The Morgan fingerprint density at radius 1 is 1.58 bits per heavy atom. The molecule has 0 saturated carbocycles. The normalized spacial score (nSPS) is 18.0. The van der Waals surface area contributed by atoms with Crippen LogP contribution in [0.5, 0.6) is 0 Å². The maximum Gasteiger partial charge on any atom is 0.255 e. The quantitative estimate of drug-likeness (QED) is 0.813. The lowest BCUT2D eigenvalue weighted by molar-refractivity contribution is 0.0787. The van der Waals surface area contributed by atoms with Crippen molar-refractivity contribution in [1.82, 2.24) is 9.88 Å². The Morgan fingerprint density at radius 3 is 3.11 bits per heavy atom. The molecule has 0 bridgehead atoms. The highest BCUT2D eigenvalue weighted by Crippen LogP contribution is 2.17. The number of nitrogens with zero attached hydrogens (tertiary/aromatic N) is 2. The summed E-state index contributed by atoms with van der Waals surface area (Å²) in [5, 5.41) is 8.68. The number of aliphatic hydroxyl groups excluding tert-OH is 1. The number of carbonyl (C=O) groups excluding carboxylic acids is 1. The lowest BCUT2D eigenvalue weighted by Gasteiger charge is -2.15. The topological polar surface area (TPSA) is 53.4 Å². The van der Waals surface area contributed by atoms with Crippen molar-refractivity contribution in [3.63, 3.8) is 0 Å². The molecule has 1 fully saturated rings. The minimum Gasteiger partial charge on any atom is -0.395 e. The molecule has 100 valence electrons. The van der Waals surface area contributed by atoms with Crippen molar-refractivity contribution >= 4 is 5.91 Å². The zero-order valence-electron chi connectivity index (χ0n) is 11.1. The van der Waals surface area contributed by atoms with Crippen LogP contribution in [0.1, 0.15) is 35.7 Å². The van der Waals surface area contributed by atoms with Crippen LogP contribution in [0.25, 0.3) is 0 Å². The van der Waals surface area contributed by atoms with Crippen LogP contribution < -0.4 is 0 Å². The summed E-state index contributed by atoms with van der Waals surface area (Å²) in [5.41, 5.74) is 1.30. The molecule has 1 aliphatic heterocycles. The molecule has 1 saturated heterocycles. The molecule has 0 radical (unpaired) electrons. The van der Waals surface area contributed by atoms with Crippen LogP contribution in [0, 0.1) is 17.8 Å². The summed E-state index contributed by atoms with van der Waals surface area (Å²) in [6, 6.07) is 1.77. The van der Waals surface area contributed by atoms with Crippen molar-refractivity contribution in [1.29, 1.82) is 0 Å². The van der Waals surface area contributed by atoms with Gasteiger partial charge in [-0.3, -0.25) is 9.78 Å². The Hall–Kier alpha value is -1.86. The van der Waals surface area contributed by atoms with Crippen LogP contribution in [-0.2, 0) is 0 Å². The third kappa shape index (κ3) is 3.55. The smallest absolute Gasteiger partial charge is 0.255 e. The molecule has 1 atom stereocenters. The number of carbonyl (C=O) groups is 1. The van der Waals surface area contributed by atoms with Gasteiger partial charge in [-0.15, -0.1) is 0 Å². The Balaban J connectivity index is 2.10. The number of aromatic nitrogens is 1. The van der Waals surface area contributed by atoms with Gasteiger partial charge in [0.05, 0.1) is 12.2 Å². The highest BCUT2D eigenvalue weighted by molar-refractivity contribution is 5.94. The van der Waals surface area contributed by atoms with E-state index in [2.05, 4.69) is 23.7 Å². The maximum atomic E-state index is 12.3. The number of rotatable bonds is 2. The van der Waals surface area contributed by atoms with E-state index in [0.29, 0.717) is 23.5 Å². The lowest BCUT2D eigenvalue weighted by atomic mass is 10.1. The largest absolute Gasteiger partial charge is 0.395 e. The molecule has 0 aliphatic carbocycles. The molecule has 1 aromatic rings. The summed E-state index contributed by atoms with van der Waals surface area (Å²) in [6.45, 7) is 3.84. The third-order valence-electron chi connectivity index (χ3n) is 3.17. The van der Waals surface area contributed by atoms with Gasteiger partial charge >= 0.3 is 0 Å². The molecule has 1 aromatic heterocycles. The molecule has 0 spiro atoms. The monoisotopic (exact) mass is 258 g/mol. The predicted molar refractivity (Wildman–Crippen MR) is 72.5 cm³/mol. The molecule has 4 nitrogen and oxygen atoms in total. The summed E-state index contributed by atoms with van der Waals surface area (Å²) in [5.74, 6) is 6.33. The first-order valence-electron chi connectivity index (χ1n) is 6.54. The van der Waals surface area contributed by atoms with Crippen molar-refractivity contribution < 1.29 is 9.90 Å². The van der Waals surface area contributed by atoms with Gasteiger partial charge < -0.3 is 10.0 Å². The summed E-state index contributed by atoms with van der Waals surface area (Å²) in [7, 11) is 0. The Bertz CT molecular complexity index is 516. The molecule has 2 rings (SSSR count). The van der Waals surface area contributed by atoms with Crippen LogP contribution >= 0.6 is 0 Å². The minimum atomic E-state index is 0.0302. The fourth-order valence-corrected chi connectivity index (χ4v) is 2.15. The maximum absolute atomic E-state index is 12.3. The van der Waals surface area contributed by atoms with E-state index in [9.17, 15) is 4.79 Å². The van der Waals surface area contributed by atoms with Crippen molar-refractivity contribution in [2.24, 2.45) is 5.92 Å². The fourth-order valence-electron chi connectivity index (χ4n) is 2.15. The van der Waals surface area contributed by atoms with Crippen molar-refractivity contribution in [2.75, 3.05) is 19.7 Å². The molecule has 1 aliphatic rings. The second kappa shape index (κ2) is 6.35. The first-order chi connectivity index (χ1) is 9.20. The second-order valence-corrected chi connectivity index (χ2v) is 4.88. The summed E-state index contributed by atoms with van der Waals surface area (Å²) < 4.78 is 0. The molecule has 4 heteroatoms. The van der Waals surface area contributed by atoms with Gasteiger partial charge in [0.15, 0.2) is 0 Å². The number of pyridine rings is 1. The van der Waals surface area contributed by atoms with Gasteiger partial charge in [-0.2, -0.15) is 0 Å². The van der Waals surface area contributed by atoms with Crippen LogP contribution in [0.3, 0.4) is 0 Å². The summed E-state index contributed by atoms with van der Waals surface area (Å²) in [4.78, 5) is 18.2. The molecule has 0 aromatic carbocycles. The molecule has 1 unspecified atom stereocenters. The van der Waals surface area contributed by atoms with Gasteiger partial charge in [0, 0.05) is 37.5 Å². The zero-order chi connectivity index (χ0) is 13.7. The van der Waals surface area contributed by atoms with Crippen LogP contribution in [0.2, 0.25) is 0 Å². The second-order valence-electron chi connectivity index (χ2n) is 4.88. The van der Waals surface area contributed by atoms with Gasteiger partial charge in [-0.1, -0.05) is 18.8 Å². The van der Waals surface area contributed by atoms with E-state index in [4.69, 9.17) is 5.11 Å². The van der Waals surface area contributed by atoms with E-state index in [-0.39, 0.29) is 12.5 Å². The van der Waals surface area contributed by atoms with Crippen molar-refractivity contribution in [2.45, 2.75) is 19.8 Å². The molecule has 1 N–H and O–H groups in total. The van der Waals surface area contributed by atoms with Gasteiger partial charge in [0.1, 0.15) is 0 Å². The highest BCUT2D eigenvalue weighted by atomic mass is 16.2. The lowest BCUT2D eigenvalue weighted by Crippen LogP contribution is -2.28. The van der Waals surface area contributed by atoms with Crippen LogP contribution in [-0.4, -0.2) is 40.6 Å². The number of likely N-dealkylation sites (tertiary alicyclic amines) is 1. The number of hydrogen-bond donors (Lipinski definition) is 1. The standard InChI is InChI=1S/C15H18N2O2/c1-12-5-6-17(11-12)15(19)14-8-13(9-16-10-14)4-2-3-7-18/h8-10,12,18H,3,5-7,11H2,1H3. The molecule has 2 heterocycles. The van der Waals surface area contributed by atoms with Crippen molar-refractivity contribution in [3.05, 3.63) is 29.6 Å². The van der Waals surface area contributed by atoms with Gasteiger partial charge in [0.25, 0.3) is 5.91 Å². The predicted octanol–water partition coefficient (Wildman–Crippen LogP) is 1.30. The van der Waals surface area contributed by atoms with E-state index < -0.39 is 0 Å². The van der Waals surface area contributed by atoms with Crippen LogP contribution in [0.4, 0.5) is 0 Å².